The van der Waals surface area contributed by atoms with E-state index in [1.165, 1.54) is 0 Å². The predicted molar refractivity (Wildman–Crippen MR) is 80.3 cm³/mol. The van der Waals surface area contributed by atoms with Gasteiger partial charge in [-0.1, -0.05) is 37.6 Å². The number of hydrogen-bond acceptors (Lipinski definition) is 4. The van der Waals surface area contributed by atoms with Gasteiger partial charge in [-0.15, -0.1) is 0 Å². The van der Waals surface area contributed by atoms with Gasteiger partial charge in [-0.05, 0) is 18.6 Å². The molecule has 1 N–H and O–H groups in total. The maximum Gasteiger partial charge on any atom is 0.135 e. The molecule has 0 aliphatic rings. The van der Waals surface area contributed by atoms with Gasteiger partial charge in [-0.25, -0.2) is 9.97 Å². The Morgan fingerprint density at radius 2 is 2.05 bits per heavy atom. The van der Waals surface area contributed by atoms with Gasteiger partial charge in [-0.3, -0.25) is 0 Å². The summed E-state index contributed by atoms with van der Waals surface area (Å²) in [5.74, 6) is 1.45. The molecule has 0 amide bonds. The summed E-state index contributed by atoms with van der Waals surface area (Å²) in [5.41, 5.74) is 2.24. The topological polar surface area (TPSA) is 61.6 Å². The lowest BCUT2D eigenvalue weighted by Gasteiger charge is -2.11. The number of aromatic nitrogens is 2. The molecule has 0 spiro atoms. The van der Waals surface area contributed by atoms with E-state index in [2.05, 4.69) is 21.4 Å². The van der Waals surface area contributed by atoms with Crippen LogP contribution >= 0.6 is 11.6 Å². The van der Waals surface area contributed by atoms with E-state index < -0.39 is 0 Å². The van der Waals surface area contributed by atoms with E-state index >= 15 is 0 Å². The third-order valence-electron chi connectivity index (χ3n) is 2.88. The smallest absolute Gasteiger partial charge is 0.135 e. The molecule has 0 unspecified atom stereocenters. The summed E-state index contributed by atoms with van der Waals surface area (Å²) < 4.78 is 0. The number of aryl methyl sites for hydroxylation is 1. The number of anilines is 2. The molecule has 1 heterocycles. The molecule has 0 bridgehead atoms. The molecule has 4 nitrogen and oxygen atoms in total. The minimum Gasteiger partial charge on any atom is -0.339 e. The molecule has 0 radical (unpaired) electrons. The summed E-state index contributed by atoms with van der Waals surface area (Å²) in [6.07, 6.45) is 0. The number of benzene rings is 1. The van der Waals surface area contributed by atoms with Crippen molar-refractivity contribution in [2.75, 3.05) is 5.32 Å². The Kier molecular flexibility index (Phi) is 4.21. The number of halogens is 1. The number of nitrogens with one attached hydrogen (secondary N) is 1. The van der Waals surface area contributed by atoms with Crippen LogP contribution in [0.15, 0.2) is 24.3 Å². The lowest BCUT2D eigenvalue weighted by atomic mass is 10.1. The van der Waals surface area contributed by atoms with Crippen molar-refractivity contribution >= 4 is 23.1 Å². The number of rotatable bonds is 3. The zero-order valence-electron chi connectivity index (χ0n) is 11.6. The minimum absolute atomic E-state index is 0.183. The largest absolute Gasteiger partial charge is 0.339 e. The normalized spacial score (nSPS) is 10.4. The molecular weight excluding hydrogens is 272 g/mol. The Hall–Kier alpha value is -2.12. The molecule has 2 aromatic rings. The SMILES string of the molecule is Cc1cccc(Nc2cc(Cl)nc(C(C)C)n2)c1C#N. The van der Waals surface area contributed by atoms with Crippen molar-refractivity contribution < 1.29 is 0 Å². The highest BCUT2D eigenvalue weighted by atomic mass is 35.5. The first-order valence-corrected chi connectivity index (χ1v) is 6.70. The van der Waals surface area contributed by atoms with Crippen molar-refractivity contribution in [1.82, 2.24) is 9.97 Å². The minimum atomic E-state index is 0.183. The Bertz CT molecular complexity index is 674. The monoisotopic (exact) mass is 286 g/mol. The highest BCUT2D eigenvalue weighted by Gasteiger charge is 2.10. The molecule has 102 valence electrons. The standard InChI is InChI=1S/C15H15ClN4/c1-9(2)15-19-13(16)7-14(20-15)18-12-6-4-5-10(3)11(12)8-17/h4-7,9H,1-3H3,(H,18,19,20). The maximum atomic E-state index is 9.23. The van der Waals surface area contributed by atoms with Crippen molar-refractivity contribution in [3.05, 3.63) is 46.4 Å². The van der Waals surface area contributed by atoms with E-state index in [0.717, 1.165) is 11.3 Å². The first kappa shape index (κ1) is 14.3. The van der Waals surface area contributed by atoms with Crippen molar-refractivity contribution in [2.24, 2.45) is 0 Å². The zero-order valence-corrected chi connectivity index (χ0v) is 12.4. The predicted octanol–water partition coefficient (Wildman–Crippen LogP) is 4.18. The molecule has 0 aliphatic heterocycles. The summed E-state index contributed by atoms with van der Waals surface area (Å²) in [5, 5.41) is 12.8. The van der Waals surface area contributed by atoms with Crippen LogP contribution < -0.4 is 5.32 Å². The van der Waals surface area contributed by atoms with E-state index in [-0.39, 0.29) is 5.92 Å². The van der Waals surface area contributed by atoms with Crippen LogP contribution in [0.5, 0.6) is 0 Å². The maximum absolute atomic E-state index is 9.23. The van der Waals surface area contributed by atoms with Crippen LogP contribution in [-0.2, 0) is 0 Å². The van der Waals surface area contributed by atoms with E-state index in [0.29, 0.717) is 22.4 Å². The highest BCUT2D eigenvalue weighted by molar-refractivity contribution is 6.29. The second-order valence-electron chi connectivity index (χ2n) is 4.82. The average Bonchev–Trinajstić information content (AvgIpc) is 2.38. The van der Waals surface area contributed by atoms with Gasteiger partial charge in [0.2, 0.25) is 0 Å². The fourth-order valence-electron chi connectivity index (χ4n) is 1.82. The van der Waals surface area contributed by atoms with Gasteiger partial charge in [0.25, 0.3) is 0 Å². The molecule has 0 saturated heterocycles. The van der Waals surface area contributed by atoms with Crippen molar-refractivity contribution in [3.63, 3.8) is 0 Å². The van der Waals surface area contributed by atoms with Crippen LogP contribution in [0.2, 0.25) is 5.15 Å². The quantitative estimate of drug-likeness (QED) is 0.860. The van der Waals surface area contributed by atoms with Crippen LogP contribution in [0.4, 0.5) is 11.5 Å². The summed E-state index contributed by atoms with van der Waals surface area (Å²) in [4.78, 5) is 8.60. The summed E-state index contributed by atoms with van der Waals surface area (Å²) in [6.45, 7) is 5.90. The third-order valence-corrected chi connectivity index (χ3v) is 3.07. The van der Waals surface area contributed by atoms with E-state index in [1.807, 2.05) is 39.0 Å². The first-order valence-electron chi connectivity index (χ1n) is 6.32. The van der Waals surface area contributed by atoms with Crippen molar-refractivity contribution in [3.8, 4) is 6.07 Å². The first-order chi connectivity index (χ1) is 9.51. The van der Waals surface area contributed by atoms with Crippen molar-refractivity contribution in [1.29, 1.82) is 5.26 Å². The lowest BCUT2D eigenvalue weighted by Crippen LogP contribution is -2.03. The molecule has 20 heavy (non-hydrogen) atoms. The molecule has 1 aromatic carbocycles. The molecule has 0 aliphatic carbocycles. The molecule has 0 atom stereocenters. The third kappa shape index (κ3) is 3.06. The summed E-state index contributed by atoms with van der Waals surface area (Å²) in [7, 11) is 0. The number of nitriles is 1. The average molecular weight is 287 g/mol. The molecule has 5 heteroatoms. The summed E-state index contributed by atoms with van der Waals surface area (Å²) in [6, 6.07) is 9.48. The second-order valence-corrected chi connectivity index (χ2v) is 5.21. The van der Waals surface area contributed by atoms with Crippen LogP contribution in [0.25, 0.3) is 0 Å². The highest BCUT2D eigenvalue weighted by Crippen LogP contribution is 2.24. The van der Waals surface area contributed by atoms with E-state index in [4.69, 9.17) is 11.6 Å². The Labute approximate surface area is 123 Å². The Morgan fingerprint density at radius 3 is 2.70 bits per heavy atom. The number of nitrogens with zero attached hydrogens (tertiary/aromatic N) is 3. The van der Waals surface area contributed by atoms with Gasteiger partial charge in [0.05, 0.1) is 11.3 Å². The number of hydrogen-bond donors (Lipinski definition) is 1. The second kappa shape index (κ2) is 5.89. The van der Waals surface area contributed by atoms with E-state index in [9.17, 15) is 5.26 Å². The van der Waals surface area contributed by atoms with Gasteiger partial charge < -0.3 is 5.32 Å². The zero-order chi connectivity index (χ0) is 14.7. The Morgan fingerprint density at radius 1 is 1.30 bits per heavy atom. The van der Waals surface area contributed by atoms with Crippen LogP contribution in [0, 0.1) is 18.3 Å². The molecule has 1 aromatic heterocycles. The molecule has 0 fully saturated rings. The Balaban J connectivity index is 2.41. The van der Waals surface area contributed by atoms with Crippen LogP contribution in [0.1, 0.15) is 36.7 Å². The van der Waals surface area contributed by atoms with E-state index in [1.54, 1.807) is 6.07 Å². The van der Waals surface area contributed by atoms with Gasteiger partial charge in [0.15, 0.2) is 0 Å². The van der Waals surface area contributed by atoms with Gasteiger partial charge in [-0.2, -0.15) is 5.26 Å². The summed E-state index contributed by atoms with van der Waals surface area (Å²) >= 11 is 6.01. The van der Waals surface area contributed by atoms with Crippen LogP contribution in [0.3, 0.4) is 0 Å². The molecular formula is C15H15ClN4. The fourth-order valence-corrected chi connectivity index (χ4v) is 2.01. The van der Waals surface area contributed by atoms with Gasteiger partial charge >= 0.3 is 0 Å². The van der Waals surface area contributed by atoms with Crippen molar-refractivity contribution in [2.45, 2.75) is 26.7 Å². The fraction of sp³-hybridized carbons (Fsp3) is 0.267. The molecule has 2 rings (SSSR count). The lowest BCUT2D eigenvalue weighted by molar-refractivity contribution is 0.776. The van der Waals surface area contributed by atoms with Crippen LogP contribution in [-0.4, -0.2) is 9.97 Å². The van der Waals surface area contributed by atoms with Gasteiger partial charge in [0.1, 0.15) is 22.9 Å². The van der Waals surface area contributed by atoms with Gasteiger partial charge in [0, 0.05) is 12.0 Å². The molecule has 0 saturated carbocycles.